The molecule has 2 atom stereocenters. The van der Waals surface area contributed by atoms with Gasteiger partial charge in [0.1, 0.15) is 0 Å². The molecule has 0 bridgehead atoms. The van der Waals surface area contributed by atoms with Gasteiger partial charge in [0.05, 0.1) is 6.10 Å². The molecule has 0 aliphatic heterocycles. The largest absolute Gasteiger partial charge is 0.392 e. The molecular weight excluding hydrogens is 180 g/mol. The molecule has 4 N–H and O–H groups in total. The average molecular weight is 202 g/mol. The second kappa shape index (κ2) is 5.32. The lowest BCUT2D eigenvalue weighted by atomic mass is 9.89. The normalized spacial score (nSPS) is 16.1. The molecule has 14 heavy (non-hydrogen) atoms. The Labute approximate surface area is 85.9 Å². The van der Waals surface area contributed by atoms with Crippen LogP contribution < -0.4 is 11.1 Å². The van der Waals surface area contributed by atoms with E-state index in [1.54, 1.807) is 6.92 Å². The highest BCUT2D eigenvalue weighted by Crippen LogP contribution is 2.19. The molecule has 0 aromatic heterocycles. The second-order valence-corrected chi connectivity index (χ2v) is 4.35. The Balaban J connectivity index is 3.97. The Morgan fingerprint density at radius 1 is 1.57 bits per heavy atom. The van der Waals surface area contributed by atoms with Crippen molar-refractivity contribution in [2.24, 2.45) is 11.1 Å². The van der Waals surface area contributed by atoms with Crippen LogP contribution in [0.25, 0.3) is 0 Å². The van der Waals surface area contributed by atoms with Crippen LogP contribution in [-0.4, -0.2) is 29.7 Å². The van der Waals surface area contributed by atoms with E-state index < -0.39 is 12.1 Å². The van der Waals surface area contributed by atoms with Crippen molar-refractivity contribution in [3.63, 3.8) is 0 Å². The van der Waals surface area contributed by atoms with E-state index in [1.165, 1.54) is 0 Å². The Bertz CT molecular complexity index is 191. The number of hydrogen-bond donors (Lipinski definition) is 3. The van der Waals surface area contributed by atoms with Crippen LogP contribution in [0.3, 0.4) is 0 Å². The highest BCUT2D eigenvalue weighted by Gasteiger charge is 2.25. The van der Waals surface area contributed by atoms with Crippen molar-refractivity contribution >= 4 is 5.91 Å². The van der Waals surface area contributed by atoms with E-state index in [0.717, 1.165) is 6.42 Å². The lowest BCUT2D eigenvalue weighted by Gasteiger charge is -2.23. The highest BCUT2D eigenvalue weighted by molar-refractivity contribution is 5.81. The topological polar surface area (TPSA) is 75.4 Å². The van der Waals surface area contributed by atoms with Crippen LogP contribution in [0.1, 0.15) is 34.1 Å². The SMILES string of the molecule is CCC(C)(C)C(=O)NCC(N)C(C)O. The van der Waals surface area contributed by atoms with Gasteiger partial charge in [0, 0.05) is 18.0 Å². The minimum atomic E-state index is -0.597. The van der Waals surface area contributed by atoms with E-state index in [-0.39, 0.29) is 11.3 Å². The molecule has 0 aromatic rings. The summed E-state index contributed by atoms with van der Waals surface area (Å²) < 4.78 is 0. The van der Waals surface area contributed by atoms with Crippen LogP contribution in [-0.2, 0) is 4.79 Å². The van der Waals surface area contributed by atoms with E-state index in [4.69, 9.17) is 10.8 Å². The number of rotatable bonds is 5. The van der Waals surface area contributed by atoms with Gasteiger partial charge in [-0.3, -0.25) is 4.79 Å². The summed E-state index contributed by atoms with van der Waals surface area (Å²) in [6, 6.07) is -0.397. The zero-order valence-corrected chi connectivity index (χ0v) is 9.50. The van der Waals surface area contributed by atoms with Gasteiger partial charge in [-0.25, -0.2) is 0 Å². The maximum absolute atomic E-state index is 11.6. The van der Waals surface area contributed by atoms with Crippen molar-refractivity contribution in [1.29, 1.82) is 0 Å². The molecule has 0 aliphatic rings. The summed E-state index contributed by atoms with van der Waals surface area (Å²) in [7, 11) is 0. The Morgan fingerprint density at radius 2 is 2.07 bits per heavy atom. The monoisotopic (exact) mass is 202 g/mol. The fourth-order valence-electron chi connectivity index (χ4n) is 0.781. The van der Waals surface area contributed by atoms with Crippen LogP contribution in [0.5, 0.6) is 0 Å². The summed E-state index contributed by atoms with van der Waals surface area (Å²) in [6.45, 7) is 7.67. The smallest absolute Gasteiger partial charge is 0.225 e. The van der Waals surface area contributed by atoms with Gasteiger partial charge in [-0.1, -0.05) is 20.8 Å². The van der Waals surface area contributed by atoms with Crippen LogP contribution in [0, 0.1) is 5.41 Å². The fraction of sp³-hybridized carbons (Fsp3) is 0.900. The number of aliphatic hydroxyl groups is 1. The van der Waals surface area contributed by atoms with Gasteiger partial charge in [0.15, 0.2) is 0 Å². The van der Waals surface area contributed by atoms with Crippen molar-refractivity contribution < 1.29 is 9.90 Å². The van der Waals surface area contributed by atoms with Crippen LogP contribution in [0.2, 0.25) is 0 Å². The molecular formula is C10H22N2O2. The number of nitrogens with two attached hydrogens (primary N) is 1. The summed E-state index contributed by atoms with van der Waals surface area (Å²) in [5.74, 6) is -0.0175. The summed E-state index contributed by atoms with van der Waals surface area (Å²) >= 11 is 0. The Hall–Kier alpha value is -0.610. The van der Waals surface area contributed by atoms with E-state index >= 15 is 0 Å². The third-order valence-electron chi connectivity index (χ3n) is 2.62. The number of nitrogens with one attached hydrogen (secondary N) is 1. The second-order valence-electron chi connectivity index (χ2n) is 4.35. The van der Waals surface area contributed by atoms with Crippen molar-refractivity contribution in [3.05, 3.63) is 0 Å². The van der Waals surface area contributed by atoms with Gasteiger partial charge >= 0.3 is 0 Å². The lowest BCUT2D eigenvalue weighted by molar-refractivity contribution is -0.129. The highest BCUT2D eigenvalue weighted by atomic mass is 16.3. The summed E-state index contributed by atoms with van der Waals surface area (Å²) in [5.41, 5.74) is 5.22. The molecule has 0 fully saturated rings. The zero-order valence-electron chi connectivity index (χ0n) is 9.50. The van der Waals surface area contributed by atoms with Gasteiger partial charge in [0.2, 0.25) is 5.91 Å². The molecule has 84 valence electrons. The van der Waals surface area contributed by atoms with Crippen molar-refractivity contribution in [1.82, 2.24) is 5.32 Å². The molecule has 0 rings (SSSR count). The van der Waals surface area contributed by atoms with Gasteiger partial charge in [-0.05, 0) is 13.3 Å². The maximum Gasteiger partial charge on any atom is 0.225 e. The first-order valence-corrected chi connectivity index (χ1v) is 5.03. The lowest BCUT2D eigenvalue weighted by Crippen LogP contribution is -2.46. The van der Waals surface area contributed by atoms with E-state index in [1.807, 2.05) is 20.8 Å². The zero-order chi connectivity index (χ0) is 11.4. The van der Waals surface area contributed by atoms with Crippen molar-refractivity contribution in [3.8, 4) is 0 Å². The first-order chi connectivity index (χ1) is 6.31. The third kappa shape index (κ3) is 4.07. The van der Waals surface area contributed by atoms with Crippen molar-refractivity contribution in [2.45, 2.75) is 46.3 Å². The minimum Gasteiger partial charge on any atom is -0.392 e. The molecule has 4 heteroatoms. The molecule has 0 saturated carbocycles. The van der Waals surface area contributed by atoms with Crippen LogP contribution in [0.4, 0.5) is 0 Å². The van der Waals surface area contributed by atoms with Gasteiger partial charge in [-0.2, -0.15) is 0 Å². The molecule has 0 saturated heterocycles. The Kier molecular flexibility index (Phi) is 5.08. The van der Waals surface area contributed by atoms with Crippen LogP contribution in [0.15, 0.2) is 0 Å². The van der Waals surface area contributed by atoms with E-state index in [2.05, 4.69) is 5.32 Å². The fourth-order valence-corrected chi connectivity index (χ4v) is 0.781. The number of amides is 1. The third-order valence-corrected chi connectivity index (χ3v) is 2.62. The molecule has 0 spiro atoms. The van der Waals surface area contributed by atoms with E-state index in [0.29, 0.717) is 6.54 Å². The molecule has 0 aliphatic carbocycles. The van der Waals surface area contributed by atoms with Gasteiger partial charge in [-0.15, -0.1) is 0 Å². The first kappa shape index (κ1) is 13.4. The minimum absolute atomic E-state index is 0.0175. The molecule has 1 amide bonds. The number of hydrogen-bond acceptors (Lipinski definition) is 3. The predicted octanol–water partition coefficient (Wildman–Crippen LogP) is 0.247. The number of aliphatic hydroxyl groups excluding tert-OH is 1. The van der Waals surface area contributed by atoms with Gasteiger partial charge in [0.25, 0.3) is 0 Å². The van der Waals surface area contributed by atoms with Crippen LogP contribution >= 0.6 is 0 Å². The van der Waals surface area contributed by atoms with Gasteiger partial charge < -0.3 is 16.2 Å². The average Bonchev–Trinajstić information content (AvgIpc) is 2.13. The summed E-state index contributed by atoms with van der Waals surface area (Å²) in [5, 5.41) is 11.8. The van der Waals surface area contributed by atoms with Crippen molar-refractivity contribution in [2.75, 3.05) is 6.54 Å². The number of carbonyl (C=O) groups is 1. The predicted molar refractivity (Wildman–Crippen MR) is 56.7 cm³/mol. The number of carbonyl (C=O) groups excluding carboxylic acids is 1. The molecule has 0 radical (unpaired) electrons. The molecule has 0 aromatic carbocycles. The summed E-state index contributed by atoms with van der Waals surface area (Å²) in [6.07, 6.45) is 0.183. The standard InChI is InChI=1S/C10H22N2O2/c1-5-10(3,4)9(14)12-6-8(11)7(2)13/h7-8,13H,5-6,11H2,1-4H3,(H,12,14). The summed E-state index contributed by atoms with van der Waals surface area (Å²) in [4.78, 5) is 11.6. The molecule has 0 heterocycles. The first-order valence-electron chi connectivity index (χ1n) is 5.03. The Morgan fingerprint density at radius 3 is 2.43 bits per heavy atom. The molecule has 2 unspecified atom stereocenters. The quantitative estimate of drug-likeness (QED) is 0.598. The molecule has 4 nitrogen and oxygen atoms in total. The van der Waals surface area contributed by atoms with E-state index in [9.17, 15) is 4.79 Å². The maximum atomic E-state index is 11.6.